The number of rotatable bonds is 3. The van der Waals surface area contributed by atoms with Crippen LogP contribution in [0.15, 0.2) is 143 Å². The largest absolute Gasteiger partial charge is 0.461 e. The first kappa shape index (κ1) is 23.0. The van der Waals surface area contributed by atoms with Gasteiger partial charge in [-0.15, -0.1) is 0 Å². The zero-order valence-electron chi connectivity index (χ0n) is 22.3. The quantitative estimate of drug-likeness (QED) is 0.223. The molecule has 4 aromatic carbocycles. The summed E-state index contributed by atoms with van der Waals surface area (Å²) in [6.45, 7) is 0. The molecule has 2 aliphatic rings. The molecule has 0 saturated heterocycles. The molecule has 0 fully saturated rings. The molecule has 0 amide bonds. The van der Waals surface area contributed by atoms with Crippen LogP contribution in [0.3, 0.4) is 0 Å². The van der Waals surface area contributed by atoms with Crippen molar-refractivity contribution in [3.63, 3.8) is 0 Å². The van der Waals surface area contributed by atoms with Gasteiger partial charge in [-0.1, -0.05) is 97.1 Å². The van der Waals surface area contributed by atoms with Gasteiger partial charge < -0.3 is 8.83 Å². The summed E-state index contributed by atoms with van der Waals surface area (Å²) in [4.78, 5) is 17.3. The molecule has 0 saturated carbocycles. The molecule has 0 bridgehead atoms. The zero-order chi connectivity index (χ0) is 27.7. The number of aromatic nitrogens is 3. The standard InChI is InChI=1S/C36H22N4O2/c1-3-11-23(12-4-1)33-37-34(24-13-5-2-6-14-24)39-35(38-33)40-29-17-9-7-15-25(29)36(26-16-8-10-18-30(26)40)27-19-21-41-31(27)32-28(36)20-22-42-32/h1-22H. The van der Waals surface area contributed by atoms with Crippen molar-refractivity contribution >= 4 is 17.3 Å². The van der Waals surface area contributed by atoms with E-state index in [1.54, 1.807) is 12.5 Å². The van der Waals surface area contributed by atoms with Crippen LogP contribution in [0.1, 0.15) is 22.3 Å². The number of anilines is 3. The minimum absolute atomic E-state index is 0.551. The molecule has 0 radical (unpaired) electrons. The first-order chi connectivity index (χ1) is 20.8. The van der Waals surface area contributed by atoms with E-state index in [4.69, 9.17) is 23.8 Å². The van der Waals surface area contributed by atoms with Gasteiger partial charge in [-0.05, 0) is 35.4 Å². The Bertz CT molecular complexity index is 1970. The van der Waals surface area contributed by atoms with Crippen LogP contribution in [-0.4, -0.2) is 15.0 Å². The Labute approximate surface area is 241 Å². The predicted molar refractivity (Wildman–Crippen MR) is 161 cm³/mol. The molecule has 7 aromatic rings. The van der Waals surface area contributed by atoms with Gasteiger partial charge in [-0.3, -0.25) is 4.90 Å². The van der Waals surface area contributed by atoms with Crippen molar-refractivity contribution in [2.75, 3.05) is 4.90 Å². The SMILES string of the molecule is c1ccc(-c2nc(-c3ccccc3)nc(N3c4ccccc4C4(c5ccccc53)c3ccoc3-c3occc34)n2)cc1. The molecule has 198 valence electrons. The first-order valence-corrected chi connectivity index (χ1v) is 13.9. The van der Waals surface area contributed by atoms with Crippen LogP contribution in [0, 0.1) is 0 Å². The Morgan fingerprint density at radius 1 is 0.452 bits per heavy atom. The summed E-state index contributed by atoms with van der Waals surface area (Å²) < 4.78 is 12.0. The minimum atomic E-state index is -0.605. The van der Waals surface area contributed by atoms with Gasteiger partial charge in [-0.2, -0.15) is 9.97 Å². The number of nitrogens with zero attached hydrogens (tertiary/aromatic N) is 4. The fraction of sp³-hybridized carbons (Fsp3) is 0.0278. The summed E-state index contributed by atoms with van der Waals surface area (Å²) in [6, 6.07) is 41.2. The molecule has 0 N–H and O–H groups in total. The van der Waals surface area contributed by atoms with Crippen molar-refractivity contribution in [1.82, 2.24) is 15.0 Å². The van der Waals surface area contributed by atoms with Crippen molar-refractivity contribution in [3.05, 3.63) is 156 Å². The lowest BCUT2D eigenvalue weighted by atomic mass is 9.65. The topological polar surface area (TPSA) is 68.2 Å². The maximum Gasteiger partial charge on any atom is 0.238 e. The number of benzene rings is 4. The molecular weight excluding hydrogens is 520 g/mol. The van der Waals surface area contributed by atoms with Gasteiger partial charge in [0.1, 0.15) is 0 Å². The smallest absolute Gasteiger partial charge is 0.238 e. The average Bonchev–Trinajstić information content (AvgIpc) is 3.79. The Hall–Kier alpha value is -5.75. The average molecular weight is 543 g/mol. The number of fused-ring (bicyclic) bond motifs is 9. The molecule has 4 heterocycles. The third kappa shape index (κ3) is 3.01. The summed E-state index contributed by atoms with van der Waals surface area (Å²) in [5.74, 6) is 3.32. The highest BCUT2D eigenvalue weighted by atomic mass is 16.4. The van der Waals surface area contributed by atoms with Crippen LogP contribution in [0.2, 0.25) is 0 Å². The predicted octanol–water partition coefficient (Wildman–Crippen LogP) is 8.54. The van der Waals surface area contributed by atoms with Gasteiger partial charge >= 0.3 is 0 Å². The van der Waals surface area contributed by atoms with Gasteiger partial charge in [-0.25, -0.2) is 4.98 Å². The van der Waals surface area contributed by atoms with Crippen molar-refractivity contribution in [3.8, 4) is 34.3 Å². The molecule has 0 atom stereocenters. The van der Waals surface area contributed by atoms with Gasteiger partial charge in [0.05, 0.1) is 29.3 Å². The van der Waals surface area contributed by atoms with E-state index in [2.05, 4.69) is 65.6 Å². The summed E-state index contributed by atoms with van der Waals surface area (Å²) in [6.07, 6.45) is 3.50. The highest BCUT2D eigenvalue weighted by Crippen LogP contribution is 2.63. The fourth-order valence-electron chi connectivity index (χ4n) is 6.65. The van der Waals surface area contributed by atoms with E-state index in [9.17, 15) is 0 Å². The first-order valence-electron chi connectivity index (χ1n) is 13.9. The van der Waals surface area contributed by atoms with E-state index in [1.165, 1.54) is 0 Å². The van der Waals surface area contributed by atoms with Crippen LogP contribution < -0.4 is 4.90 Å². The second kappa shape index (κ2) is 8.62. The Morgan fingerprint density at radius 2 is 0.905 bits per heavy atom. The van der Waals surface area contributed by atoms with Crippen molar-refractivity contribution in [2.24, 2.45) is 0 Å². The third-order valence-electron chi connectivity index (χ3n) is 8.33. The second-order valence-corrected chi connectivity index (χ2v) is 10.5. The summed E-state index contributed by atoms with van der Waals surface area (Å²) in [7, 11) is 0. The molecule has 9 rings (SSSR count). The minimum Gasteiger partial charge on any atom is -0.461 e. The lowest BCUT2D eigenvalue weighted by Crippen LogP contribution is -2.36. The lowest BCUT2D eigenvalue weighted by molar-refractivity contribution is 0.525. The van der Waals surface area contributed by atoms with Gasteiger partial charge in [0, 0.05) is 22.3 Å². The maximum absolute atomic E-state index is 6.02. The number of para-hydroxylation sites is 2. The molecule has 1 spiro atoms. The van der Waals surface area contributed by atoms with Crippen molar-refractivity contribution in [2.45, 2.75) is 5.41 Å². The molecular formula is C36H22N4O2. The van der Waals surface area contributed by atoms with Gasteiger partial charge in [0.2, 0.25) is 5.95 Å². The summed E-state index contributed by atoms with van der Waals surface area (Å²) in [5.41, 5.74) is 7.58. The normalized spacial score (nSPS) is 13.9. The van der Waals surface area contributed by atoms with Gasteiger partial charge in [0.15, 0.2) is 23.2 Å². The van der Waals surface area contributed by atoms with Crippen molar-refractivity contribution in [1.29, 1.82) is 0 Å². The van der Waals surface area contributed by atoms with Crippen LogP contribution in [0.4, 0.5) is 17.3 Å². The molecule has 42 heavy (non-hydrogen) atoms. The Balaban J connectivity index is 1.35. The van der Waals surface area contributed by atoms with E-state index < -0.39 is 5.41 Å². The Morgan fingerprint density at radius 3 is 1.40 bits per heavy atom. The van der Waals surface area contributed by atoms with Crippen LogP contribution >= 0.6 is 0 Å². The second-order valence-electron chi connectivity index (χ2n) is 10.5. The molecule has 0 unspecified atom stereocenters. The van der Waals surface area contributed by atoms with E-state index >= 15 is 0 Å². The third-order valence-corrected chi connectivity index (χ3v) is 8.33. The van der Waals surface area contributed by atoms with E-state index in [0.717, 1.165) is 56.3 Å². The number of furan rings is 2. The molecule has 6 nitrogen and oxygen atoms in total. The van der Waals surface area contributed by atoms with Gasteiger partial charge in [0.25, 0.3) is 0 Å². The zero-order valence-corrected chi connectivity index (χ0v) is 22.3. The van der Waals surface area contributed by atoms with Crippen molar-refractivity contribution < 1.29 is 8.83 Å². The lowest BCUT2D eigenvalue weighted by Gasteiger charge is -2.43. The van der Waals surface area contributed by atoms with Crippen LogP contribution in [0.5, 0.6) is 0 Å². The van der Waals surface area contributed by atoms with E-state index in [-0.39, 0.29) is 0 Å². The Kier molecular flexibility index (Phi) is 4.72. The summed E-state index contributed by atoms with van der Waals surface area (Å²) in [5, 5.41) is 0. The molecule has 1 aliphatic carbocycles. The maximum atomic E-state index is 6.02. The summed E-state index contributed by atoms with van der Waals surface area (Å²) >= 11 is 0. The van der Waals surface area contributed by atoms with Crippen LogP contribution in [0.25, 0.3) is 34.3 Å². The highest BCUT2D eigenvalue weighted by Gasteiger charge is 2.54. The number of hydrogen-bond donors (Lipinski definition) is 0. The highest BCUT2D eigenvalue weighted by molar-refractivity contribution is 5.92. The van der Waals surface area contributed by atoms with E-state index in [0.29, 0.717) is 17.6 Å². The molecule has 3 aromatic heterocycles. The number of hydrogen-bond acceptors (Lipinski definition) is 6. The van der Waals surface area contributed by atoms with Crippen LogP contribution in [-0.2, 0) is 5.41 Å². The fourth-order valence-corrected chi connectivity index (χ4v) is 6.65. The molecule has 1 aliphatic heterocycles. The monoisotopic (exact) mass is 542 g/mol. The van der Waals surface area contributed by atoms with E-state index in [1.807, 2.05) is 60.7 Å². The molecule has 6 heteroatoms.